The lowest BCUT2D eigenvalue weighted by Crippen LogP contribution is -2.00. The Balaban J connectivity index is 0.000000500. The number of hydrogen-bond donors (Lipinski definition) is 0. The van der Waals surface area contributed by atoms with Gasteiger partial charge < -0.3 is 4.74 Å². The van der Waals surface area contributed by atoms with Crippen LogP contribution in [0.2, 0.25) is 0 Å². The number of benzene rings is 1. The summed E-state index contributed by atoms with van der Waals surface area (Å²) in [5, 5.41) is 0. The minimum Gasteiger partial charge on any atom is -0.465 e. The van der Waals surface area contributed by atoms with Gasteiger partial charge in [0, 0.05) is 0 Å². The Morgan fingerprint density at radius 2 is 1.93 bits per heavy atom. The van der Waals surface area contributed by atoms with Crippen LogP contribution >= 0.6 is 0 Å². The smallest absolute Gasteiger partial charge is 0.337 e. The number of carbonyl (C=O) groups excluding carboxylic acids is 1. The SMILES string of the molecule is COC(=O)c1cccc(C)c1.O=S=O. The third-order valence-corrected chi connectivity index (χ3v) is 1.44. The topological polar surface area (TPSA) is 60.4 Å². The van der Waals surface area contributed by atoms with E-state index in [1.807, 2.05) is 19.1 Å². The summed E-state index contributed by atoms with van der Waals surface area (Å²) >= 11 is -0.750. The van der Waals surface area contributed by atoms with Crippen LogP contribution in [-0.2, 0) is 16.3 Å². The van der Waals surface area contributed by atoms with Crippen molar-refractivity contribution in [3.63, 3.8) is 0 Å². The summed E-state index contributed by atoms with van der Waals surface area (Å²) < 4.78 is 21.1. The molecule has 4 nitrogen and oxygen atoms in total. The highest BCUT2D eigenvalue weighted by Crippen LogP contribution is 2.04. The van der Waals surface area contributed by atoms with Gasteiger partial charge in [0.2, 0.25) is 0 Å². The van der Waals surface area contributed by atoms with Gasteiger partial charge in [0.05, 0.1) is 12.7 Å². The summed E-state index contributed by atoms with van der Waals surface area (Å²) in [6.07, 6.45) is 0. The standard InChI is InChI=1S/C9H10O2.O2S/c1-7-4-3-5-8(6-7)9(10)11-2;1-3-2/h3-6H,1-2H3;. The fraction of sp³-hybridized carbons (Fsp3) is 0.222. The van der Waals surface area contributed by atoms with Crippen molar-refractivity contribution in [1.82, 2.24) is 0 Å². The molecule has 0 fully saturated rings. The molecule has 0 heterocycles. The van der Waals surface area contributed by atoms with E-state index in [4.69, 9.17) is 8.42 Å². The van der Waals surface area contributed by atoms with Crippen LogP contribution in [-0.4, -0.2) is 21.5 Å². The fourth-order valence-electron chi connectivity index (χ4n) is 0.890. The van der Waals surface area contributed by atoms with Crippen molar-refractivity contribution in [3.05, 3.63) is 35.4 Å². The van der Waals surface area contributed by atoms with E-state index < -0.39 is 11.6 Å². The molecule has 0 bridgehead atoms. The van der Waals surface area contributed by atoms with E-state index in [0.29, 0.717) is 5.56 Å². The molecule has 1 aromatic carbocycles. The lowest BCUT2D eigenvalue weighted by Gasteiger charge is -1.98. The Morgan fingerprint density at radius 3 is 2.36 bits per heavy atom. The van der Waals surface area contributed by atoms with Crippen molar-refractivity contribution >= 4 is 17.5 Å². The quantitative estimate of drug-likeness (QED) is 0.657. The van der Waals surface area contributed by atoms with Gasteiger partial charge in [-0.05, 0) is 19.1 Å². The minimum absolute atomic E-state index is 0.284. The molecule has 76 valence electrons. The largest absolute Gasteiger partial charge is 0.465 e. The van der Waals surface area contributed by atoms with Crippen LogP contribution in [0.5, 0.6) is 0 Å². The molecule has 0 spiro atoms. The van der Waals surface area contributed by atoms with Crippen LogP contribution in [0.4, 0.5) is 0 Å². The van der Waals surface area contributed by atoms with Crippen molar-refractivity contribution in [2.75, 3.05) is 7.11 Å². The Bertz CT molecular complexity index is 342. The average molecular weight is 214 g/mol. The second-order valence-corrected chi connectivity index (χ2v) is 2.57. The Kier molecular flexibility index (Phi) is 6.22. The maximum absolute atomic E-state index is 10.9. The summed E-state index contributed by atoms with van der Waals surface area (Å²) in [5.74, 6) is -0.284. The van der Waals surface area contributed by atoms with E-state index in [-0.39, 0.29) is 5.97 Å². The van der Waals surface area contributed by atoms with Crippen molar-refractivity contribution in [3.8, 4) is 0 Å². The lowest BCUT2D eigenvalue weighted by molar-refractivity contribution is 0.0600. The third-order valence-electron chi connectivity index (χ3n) is 1.44. The zero-order valence-electron chi connectivity index (χ0n) is 7.85. The van der Waals surface area contributed by atoms with Crippen molar-refractivity contribution in [2.24, 2.45) is 0 Å². The van der Waals surface area contributed by atoms with E-state index in [1.54, 1.807) is 12.1 Å². The zero-order valence-corrected chi connectivity index (χ0v) is 8.67. The molecule has 0 aliphatic heterocycles. The number of hydrogen-bond acceptors (Lipinski definition) is 4. The maximum atomic E-state index is 10.9. The van der Waals surface area contributed by atoms with Crippen LogP contribution in [0.3, 0.4) is 0 Å². The monoisotopic (exact) mass is 214 g/mol. The first kappa shape index (κ1) is 12.5. The number of esters is 1. The molecule has 0 aliphatic carbocycles. The van der Waals surface area contributed by atoms with E-state index in [0.717, 1.165) is 5.56 Å². The predicted molar refractivity (Wildman–Crippen MR) is 51.4 cm³/mol. The van der Waals surface area contributed by atoms with Gasteiger partial charge in [-0.1, -0.05) is 17.7 Å². The van der Waals surface area contributed by atoms with Crippen LogP contribution in [0.15, 0.2) is 24.3 Å². The maximum Gasteiger partial charge on any atom is 0.337 e. The molecule has 0 aliphatic rings. The molecule has 0 radical (unpaired) electrons. The Morgan fingerprint density at radius 1 is 1.36 bits per heavy atom. The molecule has 0 atom stereocenters. The Labute approximate surface area is 85.5 Å². The summed E-state index contributed by atoms with van der Waals surface area (Å²) in [4.78, 5) is 10.9. The highest BCUT2D eigenvalue weighted by Gasteiger charge is 2.02. The van der Waals surface area contributed by atoms with Gasteiger partial charge in [-0.2, -0.15) is 8.42 Å². The van der Waals surface area contributed by atoms with Gasteiger partial charge in [-0.3, -0.25) is 0 Å². The molecule has 0 amide bonds. The van der Waals surface area contributed by atoms with Crippen LogP contribution in [0, 0.1) is 6.92 Å². The van der Waals surface area contributed by atoms with E-state index in [9.17, 15) is 4.79 Å². The minimum atomic E-state index is -0.750. The molecular weight excluding hydrogens is 204 g/mol. The van der Waals surface area contributed by atoms with Crippen LogP contribution < -0.4 is 0 Å². The van der Waals surface area contributed by atoms with Gasteiger partial charge in [0.25, 0.3) is 0 Å². The highest BCUT2D eigenvalue weighted by atomic mass is 32.1. The highest BCUT2D eigenvalue weighted by molar-refractivity contribution is 7.51. The number of methoxy groups -OCH3 is 1. The number of aryl methyl sites for hydroxylation is 1. The van der Waals surface area contributed by atoms with Gasteiger partial charge in [-0.25, -0.2) is 4.79 Å². The molecule has 0 aromatic heterocycles. The fourth-order valence-corrected chi connectivity index (χ4v) is 0.890. The normalized spacial score (nSPS) is 8.14. The van der Waals surface area contributed by atoms with E-state index in [1.165, 1.54) is 7.11 Å². The number of carbonyl (C=O) groups is 1. The van der Waals surface area contributed by atoms with Gasteiger partial charge in [-0.15, -0.1) is 0 Å². The molecule has 1 rings (SSSR count). The summed E-state index contributed by atoms with van der Waals surface area (Å²) in [6, 6.07) is 7.30. The van der Waals surface area contributed by atoms with Crippen molar-refractivity contribution in [2.45, 2.75) is 6.92 Å². The summed E-state index contributed by atoms with van der Waals surface area (Å²) in [5.41, 5.74) is 1.67. The molecule has 5 heteroatoms. The first-order valence-corrected chi connectivity index (χ1v) is 4.39. The van der Waals surface area contributed by atoms with Gasteiger partial charge >= 0.3 is 17.5 Å². The van der Waals surface area contributed by atoms with E-state index >= 15 is 0 Å². The average Bonchev–Trinajstić information content (AvgIpc) is 2.18. The summed E-state index contributed by atoms with van der Waals surface area (Å²) in [7, 11) is 1.38. The molecular formula is C9H10O4S. The molecule has 0 N–H and O–H groups in total. The number of ether oxygens (including phenoxy) is 1. The third kappa shape index (κ3) is 4.51. The van der Waals surface area contributed by atoms with Crippen molar-refractivity contribution < 1.29 is 17.9 Å². The molecule has 14 heavy (non-hydrogen) atoms. The van der Waals surface area contributed by atoms with Crippen molar-refractivity contribution in [1.29, 1.82) is 0 Å². The van der Waals surface area contributed by atoms with Crippen LogP contribution in [0.25, 0.3) is 0 Å². The number of rotatable bonds is 1. The molecule has 1 aromatic rings. The lowest BCUT2D eigenvalue weighted by atomic mass is 10.1. The zero-order chi connectivity index (χ0) is 11.0. The Hall–Kier alpha value is -1.49. The second-order valence-electron chi connectivity index (χ2n) is 2.43. The first-order valence-electron chi connectivity index (χ1n) is 3.72. The predicted octanol–water partition coefficient (Wildman–Crippen LogP) is 1.11. The molecule has 0 unspecified atom stereocenters. The molecule has 0 saturated heterocycles. The van der Waals surface area contributed by atoms with E-state index in [2.05, 4.69) is 4.74 Å². The second kappa shape index (κ2) is 6.97. The van der Waals surface area contributed by atoms with Crippen LogP contribution in [0.1, 0.15) is 15.9 Å². The van der Waals surface area contributed by atoms with Gasteiger partial charge in [0.15, 0.2) is 0 Å². The summed E-state index contributed by atoms with van der Waals surface area (Å²) in [6.45, 7) is 1.94. The first-order chi connectivity index (χ1) is 6.65. The molecule has 0 saturated carbocycles. The van der Waals surface area contributed by atoms with Gasteiger partial charge in [0.1, 0.15) is 0 Å².